The summed E-state index contributed by atoms with van der Waals surface area (Å²) in [6, 6.07) is 5.65. The fraction of sp³-hybridized carbons (Fsp3) is 0.462. The van der Waals surface area contributed by atoms with Crippen LogP contribution in [0.4, 0.5) is 0 Å². The molecule has 17 heavy (non-hydrogen) atoms. The van der Waals surface area contributed by atoms with Crippen LogP contribution in [0.25, 0.3) is 11.0 Å². The molecule has 0 aliphatic heterocycles. The summed E-state index contributed by atoms with van der Waals surface area (Å²) in [5.74, 6) is 0.976. The molecule has 2 aromatic rings. The summed E-state index contributed by atoms with van der Waals surface area (Å²) in [6.45, 7) is 6.99. The molecule has 0 bridgehead atoms. The van der Waals surface area contributed by atoms with E-state index in [9.17, 15) is 5.11 Å². The van der Waals surface area contributed by atoms with Gasteiger partial charge in [0, 0.05) is 17.0 Å². The summed E-state index contributed by atoms with van der Waals surface area (Å²) in [5.41, 5.74) is 1.85. The van der Waals surface area contributed by atoms with Crippen molar-refractivity contribution in [1.29, 1.82) is 0 Å². The first kappa shape index (κ1) is 12.4. The maximum Gasteiger partial charge on any atom is 0.115 e. The van der Waals surface area contributed by atoms with E-state index in [1.54, 1.807) is 0 Å². The van der Waals surface area contributed by atoms with Crippen LogP contribution in [0, 0.1) is 0 Å². The Balaban J connectivity index is 2.71. The van der Waals surface area contributed by atoms with E-state index in [1.165, 1.54) is 0 Å². The van der Waals surface area contributed by atoms with Gasteiger partial charge in [0.1, 0.15) is 5.82 Å². The molecule has 2 rings (SSSR count). The van der Waals surface area contributed by atoms with Crippen molar-refractivity contribution >= 4 is 22.6 Å². The summed E-state index contributed by atoms with van der Waals surface area (Å²) in [5, 5.41) is 9.87. The molecule has 0 unspecified atom stereocenters. The van der Waals surface area contributed by atoms with Crippen molar-refractivity contribution < 1.29 is 5.11 Å². The van der Waals surface area contributed by atoms with E-state index in [2.05, 4.69) is 25.8 Å². The van der Waals surface area contributed by atoms with Crippen LogP contribution < -0.4 is 0 Å². The Morgan fingerprint density at radius 1 is 1.35 bits per heavy atom. The maximum absolute atomic E-state index is 9.18. The van der Waals surface area contributed by atoms with E-state index in [0.29, 0.717) is 11.6 Å². The van der Waals surface area contributed by atoms with Crippen LogP contribution in [0.5, 0.6) is 0 Å². The van der Waals surface area contributed by atoms with E-state index in [-0.39, 0.29) is 12.0 Å². The Labute approximate surface area is 106 Å². The number of hydrogen-bond donors (Lipinski definition) is 1. The second-order valence-electron chi connectivity index (χ2n) is 5.19. The lowest BCUT2D eigenvalue weighted by molar-refractivity contribution is 0.273. The number of aliphatic hydroxyl groups excluding tert-OH is 1. The molecule has 0 radical (unpaired) electrons. The van der Waals surface area contributed by atoms with Gasteiger partial charge in [0.25, 0.3) is 0 Å². The third kappa shape index (κ3) is 2.31. The van der Waals surface area contributed by atoms with Gasteiger partial charge in [-0.2, -0.15) is 0 Å². The molecule has 0 saturated heterocycles. The van der Waals surface area contributed by atoms with Gasteiger partial charge < -0.3 is 9.67 Å². The van der Waals surface area contributed by atoms with Crippen LogP contribution in [0.15, 0.2) is 18.2 Å². The topological polar surface area (TPSA) is 38.0 Å². The molecule has 0 spiro atoms. The van der Waals surface area contributed by atoms with Gasteiger partial charge in [-0.1, -0.05) is 32.4 Å². The number of nitrogens with zero attached hydrogens (tertiary/aromatic N) is 2. The van der Waals surface area contributed by atoms with Gasteiger partial charge in [-0.05, 0) is 18.2 Å². The Morgan fingerprint density at radius 2 is 2.06 bits per heavy atom. The van der Waals surface area contributed by atoms with Gasteiger partial charge in [0.05, 0.1) is 17.6 Å². The highest BCUT2D eigenvalue weighted by molar-refractivity contribution is 6.31. The minimum Gasteiger partial charge on any atom is -0.395 e. The summed E-state index contributed by atoms with van der Waals surface area (Å²) < 4.78 is 2.04. The van der Waals surface area contributed by atoms with Gasteiger partial charge in [0.2, 0.25) is 0 Å². The summed E-state index contributed by atoms with van der Waals surface area (Å²) in [4.78, 5) is 4.64. The summed E-state index contributed by atoms with van der Waals surface area (Å²) in [7, 11) is 0. The Kier molecular flexibility index (Phi) is 3.15. The first-order valence-corrected chi connectivity index (χ1v) is 6.08. The molecule has 92 valence electrons. The van der Waals surface area contributed by atoms with Crippen molar-refractivity contribution in [2.45, 2.75) is 32.7 Å². The van der Waals surface area contributed by atoms with Crippen molar-refractivity contribution in [2.75, 3.05) is 6.61 Å². The van der Waals surface area contributed by atoms with E-state index < -0.39 is 0 Å². The number of benzene rings is 1. The van der Waals surface area contributed by atoms with E-state index in [1.807, 2.05) is 22.8 Å². The molecule has 1 N–H and O–H groups in total. The quantitative estimate of drug-likeness (QED) is 0.892. The minimum atomic E-state index is -0.0549. The van der Waals surface area contributed by atoms with Crippen LogP contribution in [0.2, 0.25) is 5.02 Å². The SMILES string of the molecule is CC(C)(C)c1nc2ccc(Cl)cc2n1CCO. The standard InChI is InChI=1S/C13H17ClN2O/c1-13(2,3)12-15-10-5-4-9(14)8-11(10)16(12)6-7-17/h4-5,8,17H,6-7H2,1-3H3. The third-order valence-electron chi connectivity index (χ3n) is 2.70. The monoisotopic (exact) mass is 252 g/mol. The van der Waals surface area contributed by atoms with Gasteiger partial charge in [-0.25, -0.2) is 4.98 Å². The summed E-state index contributed by atoms with van der Waals surface area (Å²) >= 11 is 6.01. The zero-order chi connectivity index (χ0) is 12.6. The van der Waals surface area contributed by atoms with E-state index in [4.69, 9.17) is 11.6 Å². The summed E-state index contributed by atoms with van der Waals surface area (Å²) in [6.07, 6.45) is 0. The molecule has 1 aromatic carbocycles. The van der Waals surface area contributed by atoms with Crippen molar-refractivity contribution in [3.8, 4) is 0 Å². The molecule has 0 saturated carbocycles. The molecular weight excluding hydrogens is 236 g/mol. The van der Waals surface area contributed by atoms with Crippen LogP contribution in [0.1, 0.15) is 26.6 Å². The van der Waals surface area contributed by atoms with E-state index >= 15 is 0 Å². The predicted octanol–water partition coefficient (Wildman–Crippen LogP) is 2.98. The first-order valence-electron chi connectivity index (χ1n) is 5.70. The van der Waals surface area contributed by atoms with Crippen molar-refractivity contribution in [3.05, 3.63) is 29.0 Å². The first-order chi connectivity index (χ1) is 7.93. The average Bonchev–Trinajstić information content (AvgIpc) is 2.57. The number of hydrogen-bond acceptors (Lipinski definition) is 2. The minimum absolute atomic E-state index is 0.0549. The Bertz CT molecular complexity index is 540. The fourth-order valence-electron chi connectivity index (χ4n) is 1.99. The molecule has 0 amide bonds. The number of fused-ring (bicyclic) bond motifs is 1. The van der Waals surface area contributed by atoms with Crippen LogP contribution in [-0.4, -0.2) is 21.3 Å². The maximum atomic E-state index is 9.18. The average molecular weight is 253 g/mol. The largest absolute Gasteiger partial charge is 0.395 e. The highest BCUT2D eigenvalue weighted by atomic mass is 35.5. The molecule has 0 aliphatic rings. The van der Waals surface area contributed by atoms with Gasteiger partial charge in [-0.15, -0.1) is 0 Å². The number of rotatable bonds is 2. The fourth-order valence-corrected chi connectivity index (χ4v) is 2.16. The predicted molar refractivity (Wildman–Crippen MR) is 70.5 cm³/mol. The van der Waals surface area contributed by atoms with Crippen LogP contribution in [-0.2, 0) is 12.0 Å². The second-order valence-corrected chi connectivity index (χ2v) is 5.63. The molecule has 1 aromatic heterocycles. The molecule has 1 heterocycles. The number of halogens is 1. The molecule has 0 fully saturated rings. The Morgan fingerprint density at radius 3 is 2.65 bits per heavy atom. The Hall–Kier alpha value is -1.06. The molecular formula is C13H17ClN2O. The number of imidazole rings is 1. The lowest BCUT2D eigenvalue weighted by Crippen LogP contribution is -2.20. The lowest BCUT2D eigenvalue weighted by atomic mass is 9.95. The van der Waals surface area contributed by atoms with Crippen LogP contribution >= 0.6 is 11.6 Å². The molecule has 3 nitrogen and oxygen atoms in total. The van der Waals surface area contributed by atoms with E-state index in [0.717, 1.165) is 16.9 Å². The van der Waals surface area contributed by atoms with Gasteiger partial charge in [-0.3, -0.25) is 0 Å². The van der Waals surface area contributed by atoms with Gasteiger partial charge >= 0.3 is 0 Å². The normalized spacial score (nSPS) is 12.3. The molecule has 4 heteroatoms. The highest BCUT2D eigenvalue weighted by Gasteiger charge is 2.22. The zero-order valence-electron chi connectivity index (χ0n) is 10.4. The van der Waals surface area contributed by atoms with Gasteiger partial charge in [0.15, 0.2) is 0 Å². The second kappa shape index (κ2) is 4.31. The molecule has 0 atom stereocenters. The van der Waals surface area contributed by atoms with Crippen molar-refractivity contribution in [2.24, 2.45) is 0 Å². The lowest BCUT2D eigenvalue weighted by Gasteiger charge is -2.19. The zero-order valence-corrected chi connectivity index (χ0v) is 11.1. The van der Waals surface area contributed by atoms with Crippen molar-refractivity contribution in [3.63, 3.8) is 0 Å². The smallest absolute Gasteiger partial charge is 0.115 e. The van der Waals surface area contributed by atoms with Crippen LogP contribution in [0.3, 0.4) is 0 Å². The number of aliphatic hydroxyl groups is 1. The molecule has 0 aliphatic carbocycles. The highest BCUT2D eigenvalue weighted by Crippen LogP contribution is 2.27. The van der Waals surface area contributed by atoms with Crippen molar-refractivity contribution in [1.82, 2.24) is 9.55 Å². The number of aromatic nitrogens is 2. The third-order valence-corrected chi connectivity index (χ3v) is 2.94.